The van der Waals surface area contributed by atoms with Crippen molar-refractivity contribution in [3.63, 3.8) is 0 Å². The van der Waals surface area contributed by atoms with Crippen molar-refractivity contribution in [3.05, 3.63) is 109 Å². The maximum atomic E-state index is 12.7. The van der Waals surface area contributed by atoms with Crippen molar-refractivity contribution in [2.24, 2.45) is 5.73 Å². The molecular formula is C75H132NO8P. The molecule has 10 heteroatoms. The first-order valence-electron chi connectivity index (χ1n) is 35.4. The molecule has 0 aromatic rings. The van der Waals surface area contributed by atoms with Gasteiger partial charge in [-0.15, -0.1) is 0 Å². The zero-order valence-corrected chi connectivity index (χ0v) is 56.0. The van der Waals surface area contributed by atoms with E-state index in [1.54, 1.807) is 0 Å². The van der Waals surface area contributed by atoms with Gasteiger partial charge in [-0.3, -0.25) is 18.6 Å². The Morgan fingerprint density at radius 3 is 0.965 bits per heavy atom. The third-order valence-electron chi connectivity index (χ3n) is 15.1. The van der Waals surface area contributed by atoms with Gasteiger partial charge in [0.1, 0.15) is 6.61 Å². The van der Waals surface area contributed by atoms with Crippen LogP contribution in [0.25, 0.3) is 0 Å². The van der Waals surface area contributed by atoms with Crippen LogP contribution in [0.1, 0.15) is 322 Å². The van der Waals surface area contributed by atoms with Gasteiger partial charge in [0, 0.05) is 19.4 Å². The van der Waals surface area contributed by atoms with Crippen LogP contribution in [0.15, 0.2) is 109 Å². The minimum atomic E-state index is -4.40. The Kier molecular flexibility index (Phi) is 67.0. The number of hydrogen-bond acceptors (Lipinski definition) is 8. The normalized spacial score (nSPS) is 13.6. The second-order valence-corrected chi connectivity index (χ2v) is 24.8. The smallest absolute Gasteiger partial charge is 0.462 e. The van der Waals surface area contributed by atoms with E-state index in [-0.39, 0.29) is 38.6 Å². The summed E-state index contributed by atoms with van der Waals surface area (Å²) in [6.07, 6.45) is 96.2. The summed E-state index contributed by atoms with van der Waals surface area (Å²) in [5.74, 6) is -0.839. The topological polar surface area (TPSA) is 134 Å². The molecule has 0 aromatic heterocycles. The van der Waals surface area contributed by atoms with Crippen molar-refractivity contribution >= 4 is 19.8 Å². The van der Waals surface area contributed by atoms with E-state index in [4.69, 9.17) is 24.3 Å². The van der Waals surface area contributed by atoms with Gasteiger partial charge in [0.2, 0.25) is 0 Å². The van der Waals surface area contributed by atoms with Gasteiger partial charge in [0.15, 0.2) is 6.10 Å². The monoisotopic (exact) mass is 1210 g/mol. The number of allylic oxidation sites excluding steroid dienone is 18. The molecule has 9 nitrogen and oxygen atoms in total. The average Bonchev–Trinajstić information content (AvgIpc) is 3.52. The number of phosphoric acid groups is 1. The van der Waals surface area contributed by atoms with Crippen molar-refractivity contribution in [2.75, 3.05) is 26.4 Å². The van der Waals surface area contributed by atoms with Gasteiger partial charge in [-0.25, -0.2) is 4.57 Å². The highest BCUT2D eigenvalue weighted by atomic mass is 31.2. The van der Waals surface area contributed by atoms with Crippen LogP contribution in [0.4, 0.5) is 0 Å². The molecule has 490 valence electrons. The van der Waals surface area contributed by atoms with Gasteiger partial charge in [0.05, 0.1) is 13.2 Å². The maximum absolute atomic E-state index is 12.7. The van der Waals surface area contributed by atoms with Gasteiger partial charge in [-0.2, -0.15) is 0 Å². The van der Waals surface area contributed by atoms with E-state index in [0.29, 0.717) is 6.42 Å². The van der Waals surface area contributed by atoms with Crippen LogP contribution in [-0.4, -0.2) is 49.3 Å². The molecule has 0 saturated heterocycles. The highest BCUT2D eigenvalue weighted by Crippen LogP contribution is 2.43. The summed E-state index contributed by atoms with van der Waals surface area (Å²) in [7, 11) is -4.40. The number of hydrogen-bond donors (Lipinski definition) is 2. The molecule has 2 unspecified atom stereocenters. The maximum Gasteiger partial charge on any atom is 0.472 e. The molecule has 0 spiro atoms. The summed E-state index contributed by atoms with van der Waals surface area (Å²) >= 11 is 0. The van der Waals surface area contributed by atoms with E-state index in [2.05, 4.69) is 123 Å². The van der Waals surface area contributed by atoms with Crippen LogP contribution in [0.5, 0.6) is 0 Å². The predicted molar refractivity (Wildman–Crippen MR) is 367 cm³/mol. The number of rotatable bonds is 66. The molecule has 0 aromatic carbocycles. The van der Waals surface area contributed by atoms with Crippen LogP contribution in [-0.2, 0) is 32.7 Å². The Bertz CT molecular complexity index is 1760. The lowest BCUT2D eigenvalue weighted by molar-refractivity contribution is -0.161. The molecule has 85 heavy (non-hydrogen) atoms. The van der Waals surface area contributed by atoms with E-state index in [1.165, 1.54) is 180 Å². The summed E-state index contributed by atoms with van der Waals surface area (Å²) < 4.78 is 33.1. The molecule has 2 atom stereocenters. The second-order valence-electron chi connectivity index (χ2n) is 23.4. The van der Waals surface area contributed by atoms with Gasteiger partial charge in [-0.05, 0) is 103 Å². The number of nitrogens with two attached hydrogens (primary N) is 1. The first-order valence-corrected chi connectivity index (χ1v) is 36.9. The lowest BCUT2D eigenvalue weighted by atomic mass is 10.0. The molecule has 0 fully saturated rings. The fourth-order valence-corrected chi connectivity index (χ4v) is 10.7. The third kappa shape index (κ3) is 69.6. The van der Waals surface area contributed by atoms with Crippen molar-refractivity contribution in [3.8, 4) is 0 Å². The number of carbonyl (C=O) groups excluding carboxylic acids is 2. The van der Waals surface area contributed by atoms with Gasteiger partial charge >= 0.3 is 19.8 Å². The Morgan fingerprint density at radius 2 is 0.647 bits per heavy atom. The van der Waals surface area contributed by atoms with Gasteiger partial charge in [0.25, 0.3) is 0 Å². The zero-order valence-electron chi connectivity index (χ0n) is 55.1. The van der Waals surface area contributed by atoms with Crippen molar-refractivity contribution in [2.45, 2.75) is 328 Å². The fourth-order valence-electron chi connectivity index (χ4n) is 9.94. The average molecular weight is 1210 g/mol. The molecule has 0 rings (SSSR count). The largest absolute Gasteiger partial charge is 0.472 e. The Hall–Kier alpha value is -3.33. The molecular weight excluding hydrogens is 1070 g/mol. The number of carbonyl (C=O) groups is 2. The van der Waals surface area contributed by atoms with Gasteiger partial charge < -0.3 is 20.1 Å². The van der Waals surface area contributed by atoms with Crippen LogP contribution in [0, 0.1) is 0 Å². The summed E-state index contributed by atoms with van der Waals surface area (Å²) in [4.78, 5) is 35.3. The van der Waals surface area contributed by atoms with Crippen molar-refractivity contribution in [1.29, 1.82) is 0 Å². The lowest BCUT2D eigenvalue weighted by Gasteiger charge is -2.19. The number of esters is 2. The second kappa shape index (κ2) is 69.8. The van der Waals surface area contributed by atoms with Crippen molar-refractivity contribution < 1.29 is 37.6 Å². The van der Waals surface area contributed by atoms with Crippen molar-refractivity contribution in [1.82, 2.24) is 0 Å². The molecule has 0 aliphatic carbocycles. The minimum absolute atomic E-state index is 0.0470. The highest BCUT2D eigenvalue weighted by molar-refractivity contribution is 7.47. The van der Waals surface area contributed by atoms with E-state index in [9.17, 15) is 19.0 Å². The zero-order chi connectivity index (χ0) is 61.6. The number of unbranched alkanes of at least 4 members (excludes halogenated alkanes) is 35. The molecule has 0 bridgehead atoms. The Labute approximate surface area is 524 Å². The number of ether oxygens (including phenoxy) is 2. The Morgan fingerprint density at radius 1 is 0.365 bits per heavy atom. The summed E-state index contributed by atoms with van der Waals surface area (Å²) in [5, 5.41) is 0. The van der Waals surface area contributed by atoms with Crippen LogP contribution in [0.2, 0.25) is 0 Å². The molecule has 3 N–H and O–H groups in total. The molecule has 0 heterocycles. The molecule has 0 aliphatic rings. The third-order valence-corrected chi connectivity index (χ3v) is 16.1. The first-order chi connectivity index (χ1) is 41.8. The minimum Gasteiger partial charge on any atom is -0.462 e. The van der Waals surface area contributed by atoms with Crippen LogP contribution >= 0.6 is 7.82 Å². The fraction of sp³-hybridized carbons (Fsp3) is 0.733. The highest BCUT2D eigenvalue weighted by Gasteiger charge is 2.26. The molecule has 0 aliphatic heterocycles. The van der Waals surface area contributed by atoms with E-state index in [1.807, 2.05) is 0 Å². The lowest BCUT2D eigenvalue weighted by Crippen LogP contribution is -2.29. The first kappa shape index (κ1) is 81.7. The van der Waals surface area contributed by atoms with Crippen LogP contribution < -0.4 is 5.73 Å². The summed E-state index contributed by atoms with van der Waals surface area (Å²) in [6, 6.07) is 0. The standard InChI is InChI=1S/C75H132NO8P/c1-3-5-7-9-11-13-15-17-19-21-23-25-27-29-30-31-32-33-34-35-36-37-38-39-40-41-42-44-45-47-49-51-53-55-57-59-61-63-65-67-74(77)81-71-73(72-83-85(79,80)82-70-69-76)84-75(78)68-66-64-62-60-58-56-54-52-50-48-46-43-28-26-24-22-20-18-16-14-12-10-8-6-4-2/h6,8,12,14-15,17-18,20-21,23-24,26-27,29,43,46,50,52,73H,3-5,7,9-11,13,16,19,22,25,28,30-42,44-45,47-49,51,53-72,76H2,1-2H3,(H,79,80)/b8-6-,14-12-,17-15-,20-18-,23-21-,26-24-,29-27-,46-43-,52-50-. The van der Waals surface area contributed by atoms with E-state index < -0.39 is 26.5 Å². The van der Waals surface area contributed by atoms with Crippen LogP contribution in [0.3, 0.4) is 0 Å². The quantitative estimate of drug-likeness (QED) is 0.0264. The van der Waals surface area contributed by atoms with E-state index >= 15 is 0 Å². The molecule has 0 amide bonds. The predicted octanol–water partition coefficient (Wildman–Crippen LogP) is 23.3. The molecule has 0 radical (unpaired) electrons. The van der Waals surface area contributed by atoms with E-state index in [0.717, 1.165) is 109 Å². The van der Waals surface area contributed by atoms with Gasteiger partial charge in [-0.1, -0.05) is 316 Å². The summed E-state index contributed by atoms with van der Waals surface area (Å²) in [5.41, 5.74) is 5.40. The Balaban J connectivity index is 3.84. The summed E-state index contributed by atoms with van der Waals surface area (Å²) in [6.45, 7) is 3.63. The SMILES string of the molecule is CC/C=C\C/C=C\C/C=C\C/C=C\C/C=C\C/C=C\CCCCCCCCC(=O)OC(COC(=O)CCCCCCCCCCCCCCCCCCCCCCCCCC/C=C\C/C=C\C/C=C\CCCCCCC)COP(=O)(O)OCCN. The molecule has 0 saturated carbocycles. The number of phosphoric ester groups is 1.